The van der Waals surface area contributed by atoms with E-state index in [4.69, 9.17) is 4.74 Å². The predicted molar refractivity (Wildman–Crippen MR) is 95.3 cm³/mol. The maximum Gasteiger partial charge on any atom is 0.138 e. The van der Waals surface area contributed by atoms with Crippen LogP contribution in [0.5, 0.6) is 5.75 Å². The third-order valence-electron chi connectivity index (χ3n) is 4.71. The highest BCUT2D eigenvalue weighted by molar-refractivity contribution is 5.27. The first-order valence-corrected chi connectivity index (χ1v) is 8.79. The molecule has 7 heteroatoms. The molecule has 3 heterocycles. The largest absolute Gasteiger partial charge is 0.506 e. The molecule has 1 aliphatic heterocycles. The zero-order valence-corrected chi connectivity index (χ0v) is 15.1. The molecule has 0 amide bonds. The van der Waals surface area contributed by atoms with E-state index in [1.54, 1.807) is 12.1 Å². The van der Waals surface area contributed by atoms with Gasteiger partial charge in [-0.3, -0.25) is 9.88 Å². The van der Waals surface area contributed by atoms with Crippen molar-refractivity contribution in [1.29, 1.82) is 0 Å². The number of aromatic nitrogens is 3. The normalized spacial score (nSPS) is 21.6. The number of aryl methyl sites for hydroxylation is 2. The third-order valence-corrected chi connectivity index (χ3v) is 4.71. The fourth-order valence-corrected chi connectivity index (χ4v) is 3.37. The number of likely N-dealkylation sites (N-methyl/N-ethyl adjacent to an activating group) is 1. The maximum absolute atomic E-state index is 9.94. The minimum atomic E-state index is 0.00162. The van der Waals surface area contributed by atoms with Crippen molar-refractivity contribution in [2.24, 2.45) is 7.05 Å². The first-order valence-electron chi connectivity index (χ1n) is 8.79. The second-order valence-corrected chi connectivity index (χ2v) is 6.43. The number of imidazole rings is 1. The molecule has 2 aromatic heterocycles. The van der Waals surface area contributed by atoms with E-state index in [0.717, 1.165) is 31.2 Å². The van der Waals surface area contributed by atoms with Crippen molar-refractivity contribution in [3.8, 4) is 5.75 Å². The zero-order valence-electron chi connectivity index (χ0n) is 15.1. The summed E-state index contributed by atoms with van der Waals surface area (Å²) in [6.07, 6.45) is 3.80. The second-order valence-electron chi connectivity index (χ2n) is 6.43. The van der Waals surface area contributed by atoms with Gasteiger partial charge in [-0.15, -0.1) is 0 Å². The van der Waals surface area contributed by atoms with Crippen LogP contribution < -0.4 is 5.32 Å². The molecule has 3 rings (SSSR count). The number of rotatable bonds is 6. The van der Waals surface area contributed by atoms with Gasteiger partial charge in [0.05, 0.1) is 24.4 Å². The van der Waals surface area contributed by atoms with Gasteiger partial charge in [0.25, 0.3) is 0 Å². The van der Waals surface area contributed by atoms with E-state index in [2.05, 4.69) is 31.7 Å². The number of pyridine rings is 1. The number of hydrogen-bond acceptors (Lipinski definition) is 6. The Hall–Kier alpha value is -1.96. The summed E-state index contributed by atoms with van der Waals surface area (Å²) in [7, 11) is 2.02. The van der Waals surface area contributed by atoms with E-state index >= 15 is 0 Å². The number of ether oxygens (including phenoxy) is 1. The second kappa shape index (κ2) is 7.95. The molecule has 25 heavy (non-hydrogen) atoms. The quantitative estimate of drug-likeness (QED) is 0.824. The van der Waals surface area contributed by atoms with Crippen LogP contribution in [0, 0.1) is 6.92 Å². The van der Waals surface area contributed by atoms with Gasteiger partial charge in [-0.05, 0) is 25.6 Å². The van der Waals surface area contributed by atoms with Crippen LogP contribution in [0.25, 0.3) is 0 Å². The van der Waals surface area contributed by atoms with Crippen LogP contribution in [-0.2, 0) is 18.3 Å². The molecule has 2 aromatic rings. The van der Waals surface area contributed by atoms with E-state index in [1.807, 2.05) is 26.4 Å². The van der Waals surface area contributed by atoms with E-state index in [1.165, 1.54) is 0 Å². The standard InChI is InChI=1S/C18H27N5O2/c1-4-23-9-10-25-16(17(23)18-20-7-8-22(18)3)12-19-11-14-15(24)6-5-13(2)21-14/h5-8,16-17,19,24H,4,9-12H2,1-3H3/t16-,17+/m0/s1. The number of nitrogens with one attached hydrogen (secondary N) is 1. The first kappa shape index (κ1) is 17.8. The Bertz CT molecular complexity index is 703. The Balaban J connectivity index is 1.69. The number of morpholine rings is 1. The predicted octanol–water partition coefficient (Wildman–Crippen LogP) is 1.38. The van der Waals surface area contributed by atoms with Gasteiger partial charge in [-0.25, -0.2) is 4.98 Å². The number of hydrogen-bond donors (Lipinski definition) is 2. The fourth-order valence-electron chi connectivity index (χ4n) is 3.37. The summed E-state index contributed by atoms with van der Waals surface area (Å²) >= 11 is 0. The average Bonchev–Trinajstić information content (AvgIpc) is 3.03. The average molecular weight is 345 g/mol. The molecule has 1 fully saturated rings. The molecule has 7 nitrogen and oxygen atoms in total. The Morgan fingerprint density at radius 1 is 1.40 bits per heavy atom. The summed E-state index contributed by atoms with van der Waals surface area (Å²) in [6.45, 7) is 7.84. The van der Waals surface area contributed by atoms with Crippen LogP contribution in [0.15, 0.2) is 24.5 Å². The smallest absolute Gasteiger partial charge is 0.138 e. The summed E-state index contributed by atoms with van der Waals surface area (Å²) in [5, 5.41) is 13.3. The minimum absolute atomic E-state index is 0.00162. The lowest BCUT2D eigenvalue weighted by Crippen LogP contribution is -2.49. The molecule has 1 saturated heterocycles. The molecular formula is C18H27N5O2. The topological polar surface area (TPSA) is 75.4 Å². The van der Waals surface area contributed by atoms with Gasteiger partial charge in [0.2, 0.25) is 0 Å². The van der Waals surface area contributed by atoms with Crippen molar-refractivity contribution in [3.63, 3.8) is 0 Å². The molecule has 136 valence electrons. The van der Waals surface area contributed by atoms with Crippen LogP contribution in [0.2, 0.25) is 0 Å². The van der Waals surface area contributed by atoms with E-state index in [-0.39, 0.29) is 17.9 Å². The molecule has 0 bridgehead atoms. The van der Waals surface area contributed by atoms with Crippen LogP contribution in [0.4, 0.5) is 0 Å². The fraction of sp³-hybridized carbons (Fsp3) is 0.556. The van der Waals surface area contributed by atoms with Crippen molar-refractivity contribution in [2.75, 3.05) is 26.2 Å². The molecular weight excluding hydrogens is 318 g/mol. The molecule has 0 aromatic carbocycles. The van der Waals surface area contributed by atoms with Crippen LogP contribution >= 0.6 is 0 Å². The van der Waals surface area contributed by atoms with Crippen molar-refractivity contribution < 1.29 is 9.84 Å². The first-order chi connectivity index (χ1) is 12.1. The Labute approximate surface area is 148 Å². The Morgan fingerprint density at radius 3 is 2.96 bits per heavy atom. The number of aromatic hydroxyl groups is 1. The van der Waals surface area contributed by atoms with Gasteiger partial charge in [0.15, 0.2) is 0 Å². The molecule has 2 atom stereocenters. The van der Waals surface area contributed by atoms with Crippen molar-refractivity contribution in [3.05, 3.63) is 41.7 Å². The van der Waals surface area contributed by atoms with Gasteiger partial charge in [0.1, 0.15) is 11.6 Å². The van der Waals surface area contributed by atoms with Crippen LogP contribution in [0.1, 0.15) is 30.2 Å². The van der Waals surface area contributed by atoms with Gasteiger partial charge in [-0.1, -0.05) is 6.92 Å². The summed E-state index contributed by atoms with van der Waals surface area (Å²) in [5.41, 5.74) is 1.56. The SMILES string of the molecule is CCN1CCO[C@@H](CNCc2nc(C)ccc2O)[C@@H]1c1nccn1C. The van der Waals surface area contributed by atoms with E-state index in [9.17, 15) is 5.11 Å². The Kier molecular flexibility index (Phi) is 5.67. The highest BCUT2D eigenvalue weighted by atomic mass is 16.5. The molecule has 0 unspecified atom stereocenters. The molecule has 1 aliphatic rings. The van der Waals surface area contributed by atoms with E-state index in [0.29, 0.717) is 18.8 Å². The van der Waals surface area contributed by atoms with Crippen molar-refractivity contribution in [2.45, 2.75) is 32.5 Å². The van der Waals surface area contributed by atoms with Gasteiger partial charge < -0.3 is 19.7 Å². The summed E-state index contributed by atoms with van der Waals surface area (Å²) in [4.78, 5) is 11.3. The van der Waals surface area contributed by atoms with Crippen LogP contribution in [0.3, 0.4) is 0 Å². The maximum atomic E-state index is 9.94. The summed E-state index contributed by atoms with van der Waals surface area (Å²) < 4.78 is 8.11. The molecule has 2 N–H and O–H groups in total. The lowest BCUT2D eigenvalue weighted by molar-refractivity contribution is -0.0730. The lowest BCUT2D eigenvalue weighted by Gasteiger charge is -2.40. The molecule has 0 saturated carbocycles. The zero-order chi connectivity index (χ0) is 17.8. The van der Waals surface area contributed by atoms with Crippen molar-refractivity contribution >= 4 is 0 Å². The Morgan fingerprint density at radius 2 is 2.24 bits per heavy atom. The lowest BCUT2D eigenvalue weighted by atomic mass is 10.1. The highest BCUT2D eigenvalue weighted by Crippen LogP contribution is 2.28. The van der Waals surface area contributed by atoms with Gasteiger partial charge in [-0.2, -0.15) is 0 Å². The molecule has 0 aliphatic carbocycles. The van der Waals surface area contributed by atoms with Gasteiger partial charge >= 0.3 is 0 Å². The molecule has 0 radical (unpaired) electrons. The number of nitrogens with zero attached hydrogens (tertiary/aromatic N) is 4. The van der Waals surface area contributed by atoms with E-state index < -0.39 is 0 Å². The van der Waals surface area contributed by atoms with Crippen LogP contribution in [-0.4, -0.2) is 56.9 Å². The summed E-state index contributed by atoms with van der Waals surface area (Å²) in [6, 6.07) is 3.61. The monoisotopic (exact) mass is 345 g/mol. The minimum Gasteiger partial charge on any atom is -0.506 e. The van der Waals surface area contributed by atoms with Gasteiger partial charge in [0, 0.05) is 44.8 Å². The van der Waals surface area contributed by atoms with Crippen molar-refractivity contribution in [1.82, 2.24) is 24.8 Å². The summed E-state index contributed by atoms with van der Waals surface area (Å²) in [5.74, 6) is 1.24. The molecule has 0 spiro atoms. The third kappa shape index (κ3) is 4.00. The highest BCUT2D eigenvalue weighted by Gasteiger charge is 2.35.